The Bertz CT molecular complexity index is 279. The lowest BCUT2D eigenvalue weighted by Gasteiger charge is -2.38. The van der Waals surface area contributed by atoms with Gasteiger partial charge in [-0.05, 0) is 51.2 Å². The molecule has 2 aliphatic heterocycles. The largest absolute Gasteiger partial charge is 0.342 e. The fourth-order valence-electron chi connectivity index (χ4n) is 2.88. The SMILES string of the molecule is CN1CCC(C)(CNCC(=O)N2CCCC2)CC1. The monoisotopic (exact) mass is 253 g/mol. The summed E-state index contributed by atoms with van der Waals surface area (Å²) >= 11 is 0. The van der Waals surface area contributed by atoms with Crippen molar-refractivity contribution in [3.05, 3.63) is 0 Å². The summed E-state index contributed by atoms with van der Waals surface area (Å²) in [6.45, 7) is 8.11. The number of piperidine rings is 1. The number of rotatable bonds is 4. The van der Waals surface area contributed by atoms with Crippen LogP contribution >= 0.6 is 0 Å². The zero-order chi connectivity index (χ0) is 13.0. The van der Waals surface area contributed by atoms with Crippen molar-refractivity contribution in [1.82, 2.24) is 15.1 Å². The number of nitrogens with one attached hydrogen (secondary N) is 1. The molecule has 0 aliphatic carbocycles. The van der Waals surface area contributed by atoms with Crippen LogP contribution in [0.1, 0.15) is 32.6 Å². The van der Waals surface area contributed by atoms with Crippen molar-refractivity contribution in [1.29, 1.82) is 0 Å². The van der Waals surface area contributed by atoms with Crippen LogP contribution in [0.4, 0.5) is 0 Å². The van der Waals surface area contributed by atoms with E-state index in [1.165, 1.54) is 38.8 Å². The van der Waals surface area contributed by atoms with Gasteiger partial charge in [0.1, 0.15) is 0 Å². The van der Waals surface area contributed by atoms with Gasteiger partial charge in [-0.15, -0.1) is 0 Å². The average molecular weight is 253 g/mol. The molecule has 0 aromatic rings. The van der Waals surface area contributed by atoms with Gasteiger partial charge in [-0.3, -0.25) is 4.79 Å². The van der Waals surface area contributed by atoms with Crippen LogP contribution in [0.15, 0.2) is 0 Å². The molecule has 4 nitrogen and oxygen atoms in total. The molecule has 2 heterocycles. The highest BCUT2D eigenvalue weighted by atomic mass is 16.2. The van der Waals surface area contributed by atoms with Gasteiger partial charge in [0.25, 0.3) is 0 Å². The van der Waals surface area contributed by atoms with E-state index < -0.39 is 0 Å². The first-order valence-corrected chi connectivity index (χ1v) is 7.26. The van der Waals surface area contributed by atoms with Crippen molar-refractivity contribution in [2.24, 2.45) is 5.41 Å². The summed E-state index contributed by atoms with van der Waals surface area (Å²) in [4.78, 5) is 16.3. The second kappa shape index (κ2) is 6.02. The van der Waals surface area contributed by atoms with E-state index in [2.05, 4.69) is 24.2 Å². The summed E-state index contributed by atoms with van der Waals surface area (Å²) in [7, 11) is 2.18. The highest BCUT2D eigenvalue weighted by Gasteiger charge is 2.28. The number of likely N-dealkylation sites (tertiary alicyclic amines) is 2. The van der Waals surface area contributed by atoms with Gasteiger partial charge in [0.2, 0.25) is 5.91 Å². The number of nitrogens with zero attached hydrogens (tertiary/aromatic N) is 2. The highest BCUT2D eigenvalue weighted by molar-refractivity contribution is 5.78. The topological polar surface area (TPSA) is 35.6 Å². The molecule has 0 unspecified atom stereocenters. The van der Waals surface area contributed by atoms with Crippen LogP contribution in [-0.4, -0.2) is 62.0 Å². The van der Waals surface area contributed by atoms with Crippen molar-refractivity contribution in [2.75, 3.05) is 46.3 Å². The van der Waals surface area contributed by atoms with E-state index in [1.807, 2.05) is 4.90 Å². The molecule has 0 spiro atoms. The second-order valence-corrected chi connectivity index (χ2v) is 6.31. The molecule has 18 heavy (non-hydrogen) atoms. The maximum absolute atomic E-state index is 11.9. The van der Waals surface area contributed by atoms with Crippen LogP contribution < -0.4 is 5.32 Å². The molecule has 104 valence electrons. The average Bonchev–Trinajstić information content (AvgIpc) is 2.87. The molecule has 0 atom stereocenters. The van der Waals surface area contributed by atoms with Crippen LogP contribution in [0.25, 0.3) is 0 Å². The highest BCUT2D eigenvalue weighted by Crippen LogP contribution is 2.29. The van der Waals surface area contributed by atoms with Crippen LogP contribution in [0, 0.1) is 5.41 Å². The maximum Gasteiger partial charge on any atom is 0.236 e. The zero-order valence-corrected chi connectivity index (χ0v) is 11.9. The lowest BCUT2D eigenvalue weighted by molar-refractivity contribution is -0.129. The Hall–Kier alpha value is -0.610. The fourth-order valence-corrected chi connectivity index (χ4v) is 2.88. The molecule has 0 bridgehead atoms. The van der Waals surface area contributed by atoms with Gasteiger partial charge in [0.05, 0.1) is 6.54 Å². The number of hydrogen-bond donors (Lipinski definition) is 1. The summed E-state index contributed by atoms with van der Waals surface area (Å²) in [5, 5.41) is 3.38. The third kappa shape index (κ3) is 3.69. The molecule has 0 aromatic heterocycles. The van der Waals surface area contributed by atoms with E-state index >= 15 is 0 Å². The Morgan fingerprint density at radius 3 is 2.39 bits per heavy atom. The minimum absolute atomic E-state index is 0.282. The molecule has 2 rings (SSSR count). The Morgan fingerprint density at radius 2 is 1.78 bits per heavy atom. The van der Waals surface area contributed by atoms with Crippen molar-refractivity contribution in [3.8, 4) is 0 Å². The van der Waals surface area contributed by atoms with Gasteiger partial charge in [-0.25, -0.2) is 0 Å². The first-order valence-electron chi connectivity index (χ1n) is 7.26. The van der Waals surface area contributed by atoms with E-state index in [0.717, 1.165) is 19.6 Å². The van der Waals surface area contributed by atoms with Gasteiger partial charge < -0.3 is 15.1 Å². The van der Waals surface area contributed by atoms with Crippen molar-refractivity contribution in [2.45, 2.75) is 32.6 Å². The maximum atomic E-state index is 11.9. The molecule has 1 N–H and O–H groups in total. The summed E-state index contributed by atoms with van der Waals surface area (Å²) in [6, 6.07) is 0. The minimum Gasteiger partial charge on any atom is -0.342 e. The summed E-state index contributed by atoms with van der Waals surface area (Å²) in [5.41, 5.74) is 0.373. The normalized spacial score (nSPS) is 24.4. The lowest BCUT2D eigenvalue weighted by Crippen LogP contribution is -2.44. The molecule has 0 saturated carbocycles. The third-order valence-corrected chi connectivity index (χ3v) is 4.48. The Morgan fingerprint density at radius 1 is 1.17 bits per heavy atom. The zero-order valence-electron chi connectivity index (χ0n) is 11.9. The van der Waals surface area contributed by atoms with Crippen molar-refractivity contribution < 1.29 is 4.79 Å². The Kier molecular flexibility index (Phi) is 4.62. The van der Waals surface area contributed by atoms with E-state index in [-0.39, 0.29) is 5.91 Å². The molecule has 2 aliphatic rings. The summed E-state index contributed by atoms with van der Waals surface area (Å²) < 4.78 is 0. The predicted octanol–water partition coefficient (Wildman–Crippen LogP) is 0.930. The molecule has 1 amide bonds. The molecule has 2 fully saturated rings. The van der Waals surface area contributed by atoms with E-state index in [0.29, 0.717) is 12.0 Å². The number of amides is 1. The summed E-state index contributed by atoms with van der Waals surface area (Å²) in [6.07, 6.45) is 4.81. The van der Waals surface area contributed by atoms with Gasteiger partial charge in [0.15, 0.2) is 0 Å². The van der Waals surface area contributed by atoms with Gasteiger partial charge >= 0.3 is 0 Å². The minimum atomic E-state index is 0.282. The standard InChI is InChI=1S/C14H27N3O/c1-14(5-9-16(2)10-6-14)12-15-11-13(18)17-7-3-4-8-17/h15H,3-12H2,1-2H3. The molecule has 0 radical (unpaired) electrons. The van der Waals surface area contributed by atoms with E-state index in [9.17, 15) is 4.79 Å². The van der Waals surface area contributed by atoms with Crippen LogP contribution in [0.3, 0.4) is 0 Å². The smallest absolute Gasteiger partial charge is 0.236 e. The summed E-state index contributed by atoms with van der Waals surface area (Å²) in [5.74, 6) is 0.282. The predicted molar refractivity (Wildman–Crippen MR) is 73.5 cm³/mol. The Balaban J connectivity index is 1.66. The molecule has 2 saturated heterocycles. The van der Waals surface area contributed by atoms with E-state index in [1.54, 1.807) is 0 Å². The third-order valence-electron chi connectivity index (χ3n) is 4.48. The van der Waals surface area contributed by atoms with Crippen molar-refractivity contribution in [3.63, 3.8) is 0 Å². The first kappa shape index (κ1) is 13.8. The molecular formula is C14H27N3O. The van der Waals surface area contributed by atoms with Crippen LogP contribution in [0.5, 0.6) is 0 Å². The van der Waals surface area contributed by atoms with Crippen molar-refractivity contribution >= 4 is 5.91 Å². The van der Waals surface area contributed by atoms with E-state index in [4.69, 9.17) is 0 Å². The fraction of sp³-hybridized carbons (Fsp3) is 0.929. The molecule has 0 aromatic carbocycles. The van der Waals surface area contributed by atoms with Crippen LogP contribution in [0.2, 0.25) is 0 Å². The second-order valence-electron chi connectivity index (χ2n) is 6.31. The number of carbonyl (C=O) groups is 1. The molecule has 4 heteroatoms. The van der Waals surface area contributed by atoms with Gasteiger partial charge in [0, 0.05) is 19.6 Å². The first-order chi connectivity index (χ1) is 8.59. The molecular weight excluding hydrogens is 226 g/mol. The quantitative estimate of drug-likeness (QED) is 0.809. The Labute approximate surface area is 111 Å². The lowest BCUT2D eigenvalue weighted by atomic mass is 9.80. The number of hydrogen-bond acceptors (Lipinski definition) is 3. The number of carbonyl (C=O) groups excluding carboxylic acids is 1. The van der Waals surface area contributed by atoms with Crippen LogP contribution in [-0.2, 0) is 4.79 Å². The van der Waals surface area contributed by atoms with Gasteiger partial charge in [-0.2, -0.15) is 0 Å². The van der Waals surface area contributed by atoms with Gasteiger partial charge in [-0.1, -0.05) is 6.92 Å².